The molecule has 0 spiro atoms. The van der Waals surface area contributed by atoms with Crippen LogP contribution in [0.2, 0.25) is 0 Å². The molecule has 6 bridgehead atoms. The Morgan fingerprint density at radius 2 is 1.96 bits per heavy atom. The number of hydrogen-bond donors (Lipinski definition) is 1. The molecule has 47 heavy (non-hydrogen) atoms. The van der Waals surface area contributed by atoms with E-state index < -0.39 is 29.2 Å². The maximum Gasteiger partial charge on any atom is 0.407 e. The number of nitrogens with one attached hydrogen (secondary N) is 1. The van der Waals surface area contributed by atoms with E-state index in [1.165, 1.54) is 0 Å². The lowest BCUT2D eigenvalue weighted by molar-refractivity contribution is 0.107. The smallest absolute Gasteiger partial charge is 0.407 e. The fraction of sp³-hybridized carbons (Fsp3) is 0.500. The number of amides is 1. The van der Waals surface area contributed by atoms with Crippen molar-refractivity contribution in [3.63, 3.8) is 0 Å². The maximum absolute atomic E-state index is 17.0. The van der Waals surface area contributed by atoms with E-state index in [4.69, 9.17) is 19.4 Å². The van der Waals surface area contributed by atoms with Crippen molar-refractivity contribution in [1.29, 1.82) is 0 Å². The predicted molar refractivity (Wildman–Crippen MR) is 176 cm³/mol. The van der Waals surface area contributed by atoms with Gasteiger partial charge in [0.2, 0.25) is 0 Å². The minimum absolute atomic E-state index is 0.0573. The van der Waals surface area contributed by atoms with Gasteiger partial charge in [-0.1, -0.05) is 36.4 Å². The lowest BCUT2D eigenvalue weighted by Crippen LogP contribution is -2.53. The van der Waals surface area contributed by atoms with Crippen molar-refractivity contribution in [2.24, 2.45) is 0 Å². The van der Waals surface area contributed by atoms with Crippen LogP contribution in [0, 0.1) is 5.82 Å². The molecular formula is C36H40F2N6O3. The zero-order valence-electron chi connectivity index (χ0n) is 26.7. The van der Waals surface area contributed by atoms with Gasteiger partial charge in [0.15, 0.2) is 5.82 Å². The number of fused-ring (bicyclic) bond motifs is 7. The average molecular weight is 643 g/mol. The maximum atomic E-state index is 17.0. The molecule has 0 radical (unpaired) electrons. The second-order valence-corrected chi connectivity index (χ2v) is 14.0. The first-order chi connectivity index (χ1) is 22.8. The number of alkyl carbamates (subject to hydrolysis) is 1. The van der Waals surface area contributed by atoms with E-state index in [0.717, 1.165) is 55.0 Å². The summed E-state index contributed by atoms with van der Waals surface area (Å²) in [6.07, 6.45) is 6.31. The molecule has 3 saturated heterocycles. The van der Waals surface area contributed by atoms with Crippen LogP contribution in [0.25, 0.3) is 32.9 Å². The van der Waals surface area contributed by atoms with Gasteiger partial charge in [-0.2, -0.15) is 9.97 Å². The van der Waals surface area contributed by atoms with Crippen LogP contribution in [0.15, 0.2) is 42.6 Å². The summed E-state index contributed by atoms with van der Waals surface area (Å²) < 4.78 is 43.6. The first-order valence-corrected chi connectivity index (χ1v) is 16.9. The first-order valence-electron chi connectivity index (χ1n) is 16.9. The monoisotopic (exact) mass is 642 g/mol. The van der Waals surface area contributed by atoms with Gasteiger partial charge in [-0.15, -0.1) is 0 Å². The van der Waals surface area contributed by atoms with Gasteiger partial charge in [0.05, 0.1) is 23.1 Å². The predicted octanol–water partition coefficient (Wildman–Crippen LogP) is 6.36. The van der Waals surface area contributed by atoms with Crippen LogP contribution in [0.3, 0.4) is 0 Å². The summed E-state index contributed by atoms with van der Waals surface area (Å²) in [7, 11) is 0. The molecule has 2 aromatic carbocycles. The molecule has 7 heterocycles. The molecule has 1 N–H and O–H groups in total. The van der Waals surface area contributed by atoms with E-state index in [2.05, 4.69) is 20.1 Å². The van der Waals surface area contributed by atoms with Crippen LogP contribution in [0.4, 0.5) is 19.4 Å². The summed E-state index contributed by atoms with van der Waals surface area (Å²) in [4.78, 5) is 31.6. The summed E-state index contributed by atoms with van der Waals surface area (Å²) in [6.45, 7) is 4.83. The van der Waals surface area contributed by atoms with Gasteiger partial charge < -0.3 is 19.7 Å². The van der Waals surface area contributed by atoms with Crippen molar-refractivity contribution in [3.8, 4) is 17.3 Å². The molecule has 5 aliphatic rings. The third-order valence-electron chi connectivity index (χ3n) is 10.6. The highest BCUT2D eigenvalue weighted by molar-refractivity contribution is 6.00. The first kappa shape index (κ1) is 30.2. The zero-order chi connectivity index (χ0) is 32.2. The van der Waals surface area contributed by atoms with Gasteiger partial charge in [-0.25, -0.2) is 13.6 Å². The summed E-state index contributed by atoms with van der Waals surface area (Å²) in [5.74, 6) is -0.0353. The summed E-state index contributed by atoms with van der Waals surface area (Å²) in [6, 6.07) is 11.9. The standard InChI is InChI=1S/C36H40F2N6O3/c1-35-13-2-3-15-43(21-35)32-27-19-39-30(26-12-5-10-23-8-4-9-24(28(23)26)11-6-17-46-34(45)42-35)29(38)31(27)40-33(41-32)47-22-36-14-7-16-44(36)20-25(37)18-36/h4-5,8-10,12,19,25H,2-3,6-7,11,13-18,20-22H2,1H3,(H,42,45)/t25-,35?,36+/m1/s1. The average Bonchev–Trinajstić information content (AvgIpc) is 3.51. The highest BCUT2D eigenvalue weighted by Gasteiger charge is 2.49. The van der Waals surface area contributed by atoms with Crippen molar-refractivity contribution in [2.75, 3.05) is 44.3 Å². The second kappa shape index (κ2) is 11.8. The summed E-state index contributed by atoms with van der Waals surface area (Å²) >= 11 is 0. The highest BCUT2D eigenvalue weighted by atomic mass is 19.1. The number of anilines is 1. The molecule has 9 nitrogen and oxygen atoms in total. The van der Waals surface area contributed by atoms with Crippen LogP contribution in [0.1, 0.15) is 57.4 Å². The Balaban J connectivity index is 1.29. The van der Waals surface area contributed by atoms with Gasteiger partial charge in [0.1, 0.15) is 29.8 Å². The number of carbonyl (C=O) groups is 1. The van der Waals surface area contributed by atoms with Crippen molar-refractivity contribution in [3.05, 3.63) is 54.0 Å². The van der Waals surface area contributed by atoms with E-state index >= 15 is 4.39 Å². The van der Waals surface area contributed by atoms with E-state index in [1.54, 1.807) is 6.20 Å². The molecule has 2 aromatic heterocycles. The van der Waals surface area contributed by atoms with Crippen LogP contribution < -0.4 is 15.0 Å². The molecule has 4 aromatic rings. The third kappa shape index (κ3) is 5.52. The number of benzene rings is 2. The largest absolute Gasteiger partial charge is 0.461 e. The van der Waals surface area contributed by atoms with E-state index in [1.807, 2.05) is 43.3 Å². The number of alkyl halides is 1. The Labute approximate surface area is 272 Å². The van der Waals surface area contributed by atoms with Crippen molar-refractivity contribution in [2.45, 2.75) is 75.5 Å². The van der Waals surface area contributed by atoms with E-state index in [-0.39, 0.29) is 30.4 Å². The summed E-state index contributed by atoms with van der Waals surface area (Å²) in [5, 5.41) is 5.48. The fourth-order valence-electron chi connectivity index (χ4n) is 8.38. The minimum atomic E-state index is -0.895. The number of ether oxygens (including phenoxy) is 2. The Hall–Kier alpha value is -4.12. The van der Waals surface area contributed by atoms with Gasteiger partial charge in [-0.05, 0) is 74.8 Å². The number of rotatable bonds is 3. The molecule has 5 aliphatic heterocycles. The number of aryl methyl sites for hydroxylation is 1. The Morgan fingerprint density at radius 1 is 1.09 bits per heavy atom. The van der Waals surface area contributed by atoms with E-state index in [9.17, 15) is 9.18 Å². The number of aromatic nitrogens is 3. The quantitative estimate of drug-likeness (QED) is 0.276. The minimum Gasteiger partial charge on any atom is -0.461 e. The third-order valence-corrected chi connectivity index (χ3v) is 10.6. The van der Waals surface area contributed by atoms with Gasteiger partial charge in [-0.3, -0.25) is 9.88 Å². The van der Waals surface area contributed by atoms with Crippen LogP contribution in [-0.4, -0.2) is 82.6 Å². The topological polar surface area (TPSA) is 92.7 Å². The molecule has 3 atom stereocenters. The molecule has 9 rings (SSSR count). The number of carbonyl (C=O) groups excluding carboxylic acids is 1. The van der Waals surface area contributed by atoms with Gasteiger partial charge in [0, 0.05) is 37.8 Å². The summed E-state index contributed by atoms with van der Waals surface area (Å²) in [5.41, 5.74) is 1.01. The number of hydrogen-bond acceptors (Lipinski definition) is 8. The Kier molecular flexibility index (Phi) is 7.62. The molecule has 1 unspecified atom stereocenters. The Morgan fingerprint density at radius 3 is 2.85 bits per heavy atom. The molecule has 11 heteroatoms. The number of halogens is 2. The molecule has 0 aliphatic carbocycles. The Bertz CT molecular complexity index is 1850. The van der Waals surface area contributed by atoms with Crippen molar-refractivity contribution >= 4 is 33.6 Å². The van der Waals surface area contributed by atoms with Crippen molar-refractivity contribution < 1.29 is 23.0 Å². The van der Waals surface area contributed by atoms with Crippen molar-refractivity contribution in [1.82, 2.24) is 25.2 Å². The number of pyridine rings is 1. The van der Waals surface area contributed by atoms with Crippen LogP contribution in [-0.2, 0) is 11.2 Å². The van der Waals surface area contributed by atoms with Gasteiger partial charge in [0.25, 0.3) is 0 Å². The lowest BCUT2D eigenvalue weighted by atomic mass is 9.94. The van der Waals surface area contributed by atoms with Gasteiger partial charge >= 0.3 is 12.1 Å². The number of nitrogens with zero attached hydrogens (tertiary/aromatic N) is 5. The zero-order valence-corrected chi connectivity index (χ0v) is 26.7. The molecule has 1 amide bonds. The highest BCUT2D eigenvalue weighted by Crippen LogP contribution is 2.41. The second-order valence-electron chi connectivity index (χ2n) is 14.0. The van der Waals surface area contributed by atoms with Crippen LogP contribution >= 0.6 is 0 Å². The lowest BCUT2D eigenvalue weighted by Gasteiger charge is -2.34. The van der Waals surface area contributed by atoms with Crippen LogP contribution in [0.5, 0.6) is 6.01 Å². The SMILES string of the molecule is CC12CCCCN(C1)c1nc(OC[C@@]34CCCN3C[C@H](F)C4)nc3c(F)c(ncc13)-c1cccc3cccc(c13)CCCOC(=O)N2. The molecule has 246 valence electrons. The normalized spacial score (nSPS) is 26.7. The molecule has 3 fully saturated rings. The van der Waals surface area contributed by atoms with E-state index in [0.29, 0.717) is 55.7 Å². The fourth-order valence-corrected chi connectivity index (χ4v) is 8.38. The molecular weight excluding hydrogens is 602 g/mol. The molecule has 0 saturated carbocycles.